The van der Waals surface area contributed by atoms with Gasteiger partial charge in [-0.1, -0.05) is 138 Å². The number of hydrogen-bond donors (Lipinski definition) is 0. The van der Waals surface area contributed by atoms with Crippen LogP contribution in [-0.4, -0.2) is 12.7 Å². The van der Waals surface area contributed by atoms with E-state index >= 15 is 0 Å². The fraction of sp³-hybridized carbons (Fsp3) is 0.562. The van der Waals surface area contributed by atoms with Crippen molar-refractivity contribution in [3.05, 3.63) is 83.9 Å². The van der Waals surface area contributed by atoms with Crippen LogP contribution >= 0.6 is 0 Å². The van der Waals surface area contributed by atoms with Gasteiger partial charge in [0.2, 0.25) is 0 Å². The monoisotopic (exact) mass is 464 g/mol. The molecule has 1 atom stereocenters. The molecule has 0 N–H and O–H groups in total. The molecule has 2 aromatic rings. The van der Waals surface area contributed by atoms with Crippen molar-refractivity contribution in [1.82, 2.24) is 0 Å². The molecule has 0 bridgehead atoms. The van der Waals surface area contributed by atoms with Gasteiger partial charge < -0.3 is 9.47 Å². The highest BCUT2D eigenvalue weighted by atomic mass is 16.5. The Kier molecular flexibility index (Phi) is 17.1. The van der Waals surface area contributed by atoms with E-state index in [9.17, 15) is 0 Å². The van der Waals surface area contributed by atoms with Crippen molar-refractivity contribution in [3.8, 4) is 0 Å². The van der Waals surface area contributed by atoms with Crippen LogP contribution in [0.15, 0.2) is 72.8 Å². The molecule has 0 aliphatic rings. The van der Waals surface area contributed by atoms with Crippen LogP contribution in [0.4, 0.5) is 0 Å². The first kappa shape index (κ1) is 28.3. The molecule has 0 aromatic heterocycles. The number of hydrogen-bond acceptors (Lipinski definition) is 2. The van der Waals surface area contributed by atoms with Crippen LogP contribution in [0.25, 0.3) is 0 Å². The molecule has 2 aromatic carbocycles. The number of ether oxygens (including phenoxy) is 2. The molecule has 0 aliphatic carbocycles. The Bertz CT molecular complexity index is 710. The highest BCUT2D eigenvalue weighted by Gasteiger charge is 2.06. The first-order chi connectivity index (χ1) is 16.9. The fourth-order valence-electron chi connectivity index (χ4n) is 4.15. The van der Waals surface area contributed by atoms with E-state index in [1.165, 1.54) is 81.8 Å². The van der Waals surface area contributed by atoms with Crippen LogP contribution in [-0.2, 0) is 22.7 Å². The first-order valence-electron chi connectivity index (χ1n) is 13.8. The maximum atomic E-state index is 6.28. The van der Waals surface area contributed by atoms with Crippen molar-refractivity contribution in [2.75, 3.05) is 6.61 Å². The standard InChI is InChI=1S/C32H48O2/c1-2-3-4-5-6-7-9-18-25-32(34-29-31-23-16-13-17-24-31)26-19-10-8-11-20-27-33-28-30-21-14-12-15-22-30/h12-18,21-25,32H,2-11,19-20,26-29H2,1H3/b25-18-. The molecule has 188 valence electrons. The third-order valence-electron chi connectivity index (χ3n) is 6.27. The Morgan fingerprint density at radius 2 is 1.24 bits per heavy atom. The Balaban J connectivity index is 1.56. The molecular weight excluding hydrogens is 416 g/mol. The lowest BCUT2D eigenvalue weighted by Crippen LogP contribution is -2.10. The van der Waals surface area contributed by atoms with Crippen LogP contribution in [0.5, 0.6) is 0 Å². The van der Waals surface area contributed by atoms with E-state index in [4.69, 9.17) is 9.47 Å². The molecule has 34 heavy (non-hydrogen) atoms. The van der Waals surface area contributed by atoms with Crippen LogP contribution in [0, 0.1) is 0 Å². The van der Waals surface area contributed by atoms with E-state index < -0.39 is 0 Å². The molecule has 0 aliphatic heterocycles. The summed E-state index contributed by atoms with van der Waals surface area (Å²) in [4.78, 5) is 0. The molecule has 0 heterocycles. The highest BCUT2D eigenvalue weighted by molar-refractivity contribution is 5.14. The average Bonchev–Trinajstić information content (AvgIpc) is 2.88. The maximum Gasteiger partial charge on any atom is 0.0760 e. The zero-order valence-corrected chi connectivity index (χ0v) is 21.6. The van der Waals surface area contributed by atoms with E-state index in [1.54, 1.807) is 0 Å². The van der Waals surface area contributed by atoms with Crippen LogP contribution in [0.2, 0.25) is 0 Å². The van der Waals surface area contributed by atoms with E-state index in [1.807, 2.05) is 6.07 Å². The second-order valence-corrected chi connectivity index (χ2v) is 9.41. The van der Waals surface area contributed by atoms with Crippen LogP contribution < -0.4 is 0 Å². The minimum absolute atomic E-state index is 0.231. The number of unbranched alkanes of at least 4 members (excludes halogenated alkanes) is 10. The smallest absolute Gasteiger partial charge is 0.0760 e. The zero-order valence-electron chi connectivity index (χ0n) is 21.6. The number of rotatable bonds is 21. The van der Waals surface area contributed by atoms with Gasteiger partial charge in [-0.2, -0.15) is 0 Å². The van der Waals surface area contributed by atoms with Crippen molar-refractivity contribution in [2.45, 2.75) is 110 Å². The Morgan fingerprint density at radius 3 is 1.94 bits per heavy atom. The zero-order chi connectivity index (χ0) is 23.9. The fourth-order valence-corrected chi connectivity index (χ4v) is 4.15. The van der Waals surface area contributed by atoms with E-state index in [0.717, 1.165) is 26.1 Å². The number of benzene rings is 2. The van der Waals surface area contributed by atoms with Crippen LogP contribution in [0.3, 0.4) is 0 Å². The third-order valence-corrected chi connectivity index (χ3v) is 6.27. The van der Waals surface area contributed by atoms with Gasteiger partial charge in [-0.05, 0) is 36.8 Å². The normalized spacial score (nSPS) is 12.4. The quantitative estimate of drug-likeness (QED) is 0.135. The Morgan fingerprint density at radius 1 is 0.647 bits per heavy atom. The molecule has 0 spiro atoms. The number of allylic oxidation sites excluding steroid dienone is 1. The van der Waals surface area contributed by atoms with Crippen molar-refractivity contribution in [3.63, 3.8) is 0 Å². The third kappa shape index (κ3) is 15.1. The lowest BCUT2D eigenvalue weighted by Gasteiger charge is -2.15. The van der Waals surface area contributed by atoms with Gasteiger partial charge in [-0.15, -0.1) is 0 Å². The summed E-state index contributed by atoms with van der Waals surface area (Å²) in [6.07, 6.45) is 21.5. The predicted octanol–water partition coefficient (Wildman–Crippen LogP) is 9.44. The largest absolute Gasteiger partial charge is 0.377 e. The molecule has 2 rings (SSSR count). The minimum atomic E-state index is 0.231. The molecule has 0 amide bonds. The highest BCUT2D eigenvalue weighted by Crippen LogP contribution is 2.15. The Labute approximate surface area is 209 Å². The van der Waals surface area contributed by atoms with Gasteiger partial charge in [0, 0.05) is 6.61 Å². The van der Waals surface area contributed by atoms with Gasteiger partial charge >= 0.3 is 0 Å². The average molecular weight is 465 g/mol. The second-order valence-electron chi connectivity index (χ2n) is 9.41. The molecule has 1 unspecified atom stereocenters. The lowest BCUT2D eigenvalue weighted by molar-refractivity contribution is 0.0644. The summed E-state index contributed by atoms with van der Waals surface area (Å²) in [6, 6.07) is 21.0. The van der Waals surface area contributed by atoms with Gasteiger partial charge in [-0.25, -0.2) is 0 Å². The van der Waals surface area contributed by atoms with E-state index in [0.29, 0.717) is 6.61 Å². The van der Waals surface area contributed by atoms with Gasteiger partial charge in [0.1, 0.15) is 0 Å². The lowest BCUT2D eigenvalue weighted by atomic mass is 10.1. The summed E-state index contributed by atoms with van der Waals surface area (Å²) in [5, 5.41) is 0. The van der Waals surface area contributed by atoms with Crippen molar-refractivity contribution in [2.24, 2.45) is 0 Å². The topological polar surface area (TPSA) is 18.5 Å². The van der Waals surface area contributed by atoms with E-state index in [-0.39, 0.29) is 6.10 Å². The SMILES string of the molecule is CCCCCCCC/C=C\C(CCCCCCCOCc1ccccc1)OCc1ccccc1. The van der Waals surface area contributed by atoms with Gasteiger partial charge in [0.05, 0.1) is 19.3 Å². The van der Waals surface area contributed by atoms with Crippen molar-refractivity contribution >= 4 is 0 Å². The Hall–Kier alpha value is -1.90. The summed E-state index contributed by atoms with van der Waals surface area (Å²) in [7, 11) is 0. The maximum absolute atomic E-state index is 6.28. The van der Waals surface area contributed by atoms with Crippen molar-refractivity contribution in [1.29, 1.82) is 0 Å². The summed E-state index contributed by atoms with van der Waals surface area (Å²) in [5.41, 5.74) is 2.51. The van der Waals surface area contributed by atoms with Crippen LogP contribution in [0.1, 0.15) is 102 Å². The molecule has 0 radical (unpaired) electrons. The molecular formula is C32H48O2. The van der Waals surface area contributed by atoms with Gasteiger partial charge in [0.25, 0.3) is 0 Å². The van der Waals surface area contributed by atoms with Gasteiger partial charge in [-0.3, -0.25) is 0 Å². The summed E-state index contributed by atoms with van der Waals surface area (Å²) in [5.74, 6) is 0. The minimum Gasteiger partial charge on any atom is -0.377 e. The summed E-state index contributed by atoms with van der Waals surface area (Å²) < 4.78 is 12.1. The first-order valence-corrected chi connectivity index (χ1v) is 13.8. The molecule has 0 saturated carbocycles. The van der Waals surface area contributed by atoms with Gasteiger partial charge in [0.15, 0.2) is 0 Å². The molecule has 0 fully saturated rings. The molecule has 2 nitrogen and oxygen atoms in total. The molecule has 2 heteroatoms. The van der Waals surface area contributed by atoms with E-state index in [2.05, 4.69) is 73.7 Å². The predicted molar refractivity (Wildman–Crippen MR) is 146 cm³/mol. The molecule has 0 saturated heterocycles. The van der Waals surface area contributed by atoms with Crippen molar-refractivity contribution < 1.29 is 9.47 Å². The summed E-state index contributed by atoms with van der Waals surface area (Å²) in [6.45, 7) is 4.57. The second kappa shape index (κ2) is 20.5. The summed E-state index contributed by atoms with van der Waals surface area (Å²) >= 11 is 0.